The highest BCUT2D eigenvalue weighted by Gasteiger charge is 2.29. The molecule has 0 radical (unpaired) electrons. The number of nitrogens with one attached hydrogen (secondary N) is 1. The molecule has 0 unspecified atom stereocenters. The first-order valence-corrected chi connectivity index (χ1v) is 12.9. The van der Waals surface area contributed by atoms with Gasteiger partial charge in [0.1, 0.15) is 0 Å². The van der Waals surface area contributed by atoms with Crippen LogP contribution in [-0.4, -0.2) is 65.6 Å². The number of carbonyl (C=O) groups excluding carboxylic acids is 1. The number of hydrogen-bond acceptors (Lipinski definition) is 6. The summed E-state index contributed by atoms with van der Waals surface area (Å²) in [5.74, 6) is -0.324. The lowest BCUT2D eigenvalue weighted by Gasteiger charge is -2.26. The summed E-state index contributed by atoms with van der Waals surface area (Å²) in [5.41, 5.74) is 1.24. The largest absolute Gasteiger partial charge is 0.379 e. The van der Waals surface area contributed by atoms with Gasteiger partial charge < -0.3 is 10.1 Å². The van der Waals surface area contributed by atoms with Crippen molar-refractivity contribution in [1.29, 1.82) is 0 Å². The molecule has 2 aromatic rings. The Morgan fingerprint density at radius 1 is 1.00 bits per heavy atom. The number of carbonyl (C=O) groups is 1. The average Bonchev–Trinajstić information content (AvgIpc) is 3.14. The molecule has 0 saturated carbocycles. The minimum Gasteiger partial charge on any atom is -0.379 e. The standard InChI is InChI=1S/C20H23N3O6S2/c24-20(21-17-5-7-18(8-6-17)23-9-2-14-30(23,25)26)16-3-1-4-19(15-16)31(27,28)22-10-12-29-13-11-22/h1,3-8,15H,2,9-14H2,(H,21,24). The molecule has 0 bridgehead atoms. The van der Waals surface area contributed by atoms with Crippen LogP contribution in [0.4, 0.5) is 11.4 Å². The maximum absolute atomic E-state index is 12.8. The second kappa shape index (κ2) is 8.58. The van der Waals surface area contributed by atoms with Crippen LogP contribution in [0.2, 0.25) is 0 Å². The molecule has 11 heteroatoms. The molecule has 4 rings (SSSR count). The van der Waals surface area contributed by atoms with E-state index in [0.717, 1.165) is 0 Å². The van der Waals surface area contributed by atoms with Crippen LogP contribution in [0.5, 0.6) is 0 Å². The maximum Gasteiger partial charge on any atom is 0.255 e. The summed E-state index contributed by atoms with van der Waals surface area (Å²) in [7, 11) is -6.98. The Kier molecular flexibility index (Phi) is 6.02. The van der Waals surface area contributed by atoms with Gasteiger partial charge in [0.15, 0.2) is 0 Å². The topological polar surface area (TPSA) is 113 Å². The predicted octanol–water partition coefficient (Wildman–Crippen LogP) is 1.50. The van der Waals surface area contributed by atoms with Crippen LogP contribution in [0.1, 0.15) is 16.8 Å². The van der Waals surface area contributed by atoms with Gasteiger partial charge in [0.2, 0.25) is 20.0 Å². The van der Waals surface area contributed by atoms with Gasteiger partial charge in [0.25, 0.3) is 5.91 Å². The number of amides is 1. The van der Waals surface area contributed by atoms with E-state index in [-0.39, 0.29) is 29.3 Å². The third-order valence-electron chi connectivity index (χ3n) is 5.22. The van der Waals surface area contributed by atoms with Gasteiger partial charge in [-0.2, -0.15) is 4.31 Å². The van der Waals surface area contributed by atoms with E-state index in [4.69, 9.17) is 4.74 Å². The normalized spacial score (nSPS) is 19.3. The Morgan fingerprint density at radius 2 is 1.71 bits per heavy atom. The monoisotopic (exact) mass is 465 g/mol. The Labute approximate surface area is 181 Å². The van der Waals surface area contributed by atoms with Crippen molar-refractivity contribution in [2.45, 2.75) is 11.3 Å². The summed E-state index contributed by atoms with van der Waals surface area (Å²) < 4.78 is 57.6. The molecule has 0 spiro atoms. The van der Waals surface area contributed by atoms with Crippen LogP contribution in [0.3, 0.4) is 0 Å². The third kappa shape index (κ3) is 4.59. The second-order valence-corrected chi connectivity index (χ2v) is 11.2. The van der Waals surface area contributed by atoms with Crippen LogP contribution in [0.15, 0.2) is 53.4 Å². The molecule has 9 nitrogen and oxygen atoms in total. The van der Waals surface area contributed by atoms with E-state index in [1.807, 2.05) is 0 Å². The number of hydrogen-bond donors (Lipinski definition) is 1. The Balaban J connectivity index is 1.48. The average molecular weight is 466 g/mol. The zero-order valence-corrected chi connectivity index (χ0v) is 18.4. The van der Waals surface area contributed by atoms with Crippen molar-refractivity contribution in [3.8, 4) is 0 Å². The summed E-state index contributed by atoms with van der Waals surface area (Å²) in [6, 6.07) is 12.4. The number of anilines is 2. The van der Waals surface area contributed by atoms with E-state index in [2.05, 4.69) is 5.32 Å². The van der Waals surface area contributed by atoms with Crippen molar-refractivity contribution in [1.82, 2.24) is 4.31 Å². The van der Waals surface area contributed by atoms with Crippen molar-refractivity contribution in [3.63, 3.8) is 0 Å². The number of nitrogens with zero attached hydrogens (tertiary/aromatic N) is 2. The fourth-order valence-electron chi connectivity index (χ4n) is 3.58. The fourth-order valence-corrected chi connectivity index (χ4v) is 6.60. The number of benzene rings is 2. The van der Waals surface area contributed by atoms with Gasteiger partial charge in [-0.3, -0.25) is 9.10 Å². The lowest BCUT2D eigenvalue weighted by atomic mass is 10.2. The summed E-state index contributed by atoms with van der Waals surface area (Å²) in [4.78, 5) is 12.7. The van der Waals surface area contributed by atoms with Gasteiger partial charge in [-0.15, -0.1) is 0 Å². The molecule has 2 aliphatic rings. The van der Waals surface area contributed by atoms with Crippen LogP contribution in [0.25, 0.3) is 0 Å². The smallest absolute Gasteiger partial charge is 0.255 e. The molecule has 166 valence electrons. The molecule has 2 fully saturated rings. The minimum atomic E-state index is -3.71. The summed E-state index contributed by atoms with van der Waals surface area (Å²) in [5, 5.41) is 2.72. The van der Waals surface area contributed by atoms with E-state index in [1.54, 1.807) is 30.3 Å². The molecule has 0 aromatic heterocycles. The number of rotatable bonds is 5. The van der Waals surface area contributed by atoms with Gasteiger partial charge in [-0.1, -0.05) is 6.07 Å². The molecular weight excluding hydrogens is 442 g/mol. The highest BCUT2D eigenvalue weighted by Crippen LogP contribution is 2.26. The van der Waals surface area contributed by atoms with Crippen LogP contribution >= 0.6 is 0 Å². The molecule has 1 amide bonds. The number of sulfonamides is 2. The van der Waals surface area contributed by atoms with E-state index < -0.39 is 26.0 Å². The van der Waals surface area contributed by atoms with Gasteiger partial charge in [0.05, 0.1) is 29.5 Å². The number of ether oxygens (including phenoxy) is 1. The predicted molar refractivity (Wildman–Crippen MR) is 116 cm³/mol. The van der Waals surface area contributed by atoms with Gasteiger partial charge in [0, 0.05) is 30.9 Å². The Morgan fingerprint density at radius 3 is 2.35 bits per heavy atom. The minimum absolute atomic E-state index is 0.0524. The summed E-state index contributed by atoms with van der Waals surface area (Å²) in [6.07, 6.45) is 0.588. The summed E-state index contributed by atoms with van der Waals surface area (Å²) >= 11 is 0. The van der Waals surface area contributed by atoms with E-state index in [1.165, 1.54) is 26.8 Å². The van der Waals surface area contributed by atoms with Crippen molar-refractivity contribution in [2.75, 3.05) is 48.2 Å². The van der Waals surface area contributed by atoms with Crippen LogP contribution in [0, 0.1) is 0 Å². The quantitative estimate of drug-likeness (QED) is 0.716. The zero-order valence-electron chi connectivity index (χ0n) is 16.7. The molecule has 2 heterocycles. The lowest BCUT2D eigenvalue weighted by molar-refractivity contribution is 0.0730. The highest BCUT2D eigenvalue weighted by molar-refractivity contribution is 7.93. The van der Waals surface area contributed by atoms with E-state index in [9.17, 15) is 21.6 Å². The Bertz CT molecular complexity index is 1170. The molecular formula is C20H23N3O6S2. The first-order valence-electron chi connectivity index (χ1n) is 9.87. The number of morpholine rings is 1. The third-order valence-corrected chi connectivity index (χ3v) is 8.98. The SMILES string of the molecule is O=C(Nc1ccc(N2CCCS2(=O)=O)cc1)c1cccc(S(=O)(=O)N2CCOCC2)c1. The lowest BCUT2D eigenvalue weighted by Crippen LogP contribution is -2.40. The molecule has 2 aliphatic heterocycles. The molecule has 2 aromatic carbocycles. The molecule has 31 heavy (non-hydrogen) atoms. The van der Waals surface area contributed by atoms with Gasteiger partial charge in [-0.25, -0.2) is 16.8 Å². The van der Waals surface area contributed by atoms with Crippen molar-refractivity contribution >= 4 is 37.3 Å². The van der Waals surface area contributed by atoms with E-state index in [0.29, 0.717) is 37.6 Å². The first-order chi connectivity index (χ1) is 14.8. The molecule has 0 aliphatic carbocycles. The van der Waals surface area contributed by atoms with Crippen LogP contribution in [-0.2, 0) is 24.8 Å². The molecule has 2 saturated heterocycles. The molecule has 1 N–H and O–H groups in total. The van der Waals surface area contributed by atoms with Crippen LogP contribution < -0.4 is 9.62 Å². The zero-order chi connectivity index (χ0) is 22.1. The van der Waals surface area contributed by atoms with Crippen molar-refractivity contribution in [3.05, 3.63) is 54.1 Å². The Hall–Kier alpha value is -2.47. The summed E-state index contributed by atoms with van der Waals surface area (Å²) in [6.45, 7) is 1.68. The highest BCUT2D eigenvalue weighted by atomic mass is 32.2. The first kappa shape index (κ1) is 21.8. The van der Waals surface area contributed by atoms with Crippen molar-refractivity contribution < 1.29 is 26.4 Å². The van der Waals surface area contributed by atoms with Gasteiger partial charge >= 0.3 is 0 Å². The second-order valence-electron chi connectivity index (χ2n) is 7.29. The fraction of sp³-hybridized carbons (Fsp3) is 0.350. The van der Waals surface area contributed by atoms with Crippen molar-refractivity contribution in [2.24, 2.45) is 0 Å². The molecule has 0 atom stereocenters. The van der Waals surface area contributed by atoms with E-state index >= 15 is 0 Å². The maximum atomic E-state index is 12.8. The van der Waals surface area contributed by atoms with Gasteiger partial charge in [-0.05, 0) is 48.9 Å².